The fourth-order valence-electron chi connectivity index (χ4n) is 1.55. The number of carbonyl (C=O) groups excluding carboxylic acids is 2. The van der Waals surface area contributed by atoms with Gasteiger partial charge in [0.05, 0.1) is 15.8 Å². The average Bonchev–Trinajstić information content (AvgIpc) is 2.97. The van der Waals surface area contributed by atoms with Crippen LogP contribution in [0.5, 0.6) is 0 Å². The van der Waals surface area contributed by atoms with Crippen LogP contribution in [-0.4, -0.2) is 35.0 Å². The van der Waals surface area contributed by atoms with Crippen molar-refractivity contribution in [3.8, 4) is 0 Å². The Morgan fingerprint density at radius 3 is 3.00 bits per heavy atom. The molecule has 106 valence electrons. The van der Waals surface area contributed by atoms with Gasteiger partial charge in [0.15, 0.2) is 5.17 Å². The molecule has 0 aromatic carbocycles. The molecule has 1 atom stereocenters. The minimum atomic E-state index is -0.454. The van der Waals surface area contributed by atoms with E-state index >= 15 is 0 Å². The van der Waals surface area contributed by atoms with Gasteiger partial charge in [-0.1, -0.05) is 17.8 Å². The van der Waals surface area contributed by atoms with Crippen LogP contribution < -0.4 is 10.6 Å². The van der Waals surface area contributed by atoms with Gasteiger partial charge in [-0.15, -0.1) is 16.4 Å². The lowest BCUT2D eigenvalue weighted by atomic mass is 10.2. The molecule has 0 bridgehead atoms. The molecule has 2 N–H and O–H groups in total. The number of carbonyl (C=O) groups is 2. The topological polar surface area (TPSA) is 82.9 Å². The van der Waals surface area contributed by atoms with Crippen molar-refractivity contribution in [3.05, 3.63) is 22.4 Å². The smallest absolute Gasteiger partial charge is 0.233 e. The Labute approximate surface area is 124 Å². The van der Waals surface area contributed by atoms with Gasteiger partial charge in [0.2, 0.25) is 11.8 Å². The Kier molecular flexibility index (Phi) is 4.91. The van der Waals surface area contributed by atoms with E-state index in [9.17, 15) is 9.59 Å². The first-order chi connectivity index (χ1) is 9.60. The van der Waals surface area contributed by atoms with Crippen LogP contribution in [0.3, 0.4) is 0 Å². The van der Waals surface area contributed by atoms with Crippen molar-refractivity contribution in [2.45, 2.75) is 18.6 Å². The zero-order valence-electron chi connectivity index (χ0n) is 11.0. The van der Waals surface area contributed by atoms with Crippen molar-refractivity contribution in [3.63, 3.8) is 0 Å². The van der Waals surface area contributed by atoms with Crippen LogP contribution in [0.25, 0.3) is 0 Å². The highest BCUT2D eigenvalue weighted by molar-refractivity contribution is 8.15. The summed E-state index contributed by atoms with van der Waals surface area (Å²) in [5, 5.41) is 15.1. The normalized spacial score (nSPS) is 21.7. The minimum Gasteiger partial charge on any atom is -0.358 e. The molecular formula is C12H14N4O2S2. The molecule has 2 amide bonds. The van der Waals surface area contributed by atoms with E-state index in [1.165, 1.54) is 11.8 Å². The Morgan fingerprint density at radius 2 is 2.35 bits per heavy atom. The molecule has 1 saturated heterocycles. The minimum absolute atomic E-state index is 0.150. The second-order valence-corrected chi connectivity index (χ2v) is 6.18. The molecule has 2 rings (SSSR count). The average molecular weight is 310 g/mol. The lowest BCUT2D eigenvalue weighted by molar-refractivity contribution is -0.125. The fourth-order valence-corrected chi connectivity index (χ4v) is 3.22. The molecule has 20 heavy (non-hydrogen) atoms. The second-order valence-electron chi connectivity index (χ2n) is 4.04. The second kappa shape index (κ2) is 6.67. The maximum atomic E-state index is 11.6. The number of thioether (sulfide) groups is 1. The van der Waals surface area contributed by atoms with Gasteiger partial charge >= 0.3 is 0 Å². The van der Waals surface area contributed by atoms with E-state index in [4.69, 9.17) is 0 Å². The molecule has 2 heterocycles. The van der Waals surface area contributed by atoms with Crippen molar-refractivity contribution in [2.24, 2.45) is 10.2 Å². The van der Waals surface area contributed by atoms with Gasteiger partial charge in [-0.3, -0.25) is 9.59 Å². The number of amides is 2. The Hall–Kier alpha value is -1.67. The lowest BCUT2D eigenvalue weighted by Gasteiger charge is -2.20. The number of hydrogen-bond donors (Lipinski definition) is 2. The zero-order chi connectivity index (χ0) is 14.5. The van der Waals surface area contributed by atoms with E-state index in [0.717, 1.165) is 10.6 Å². The maximum Gasteiger partial charge on any atom is 0.233 e. The molecule has 1 aromatic rings. The molecule has 6 nitrogen and oxygen atoms in total. The summed E-state index contributed by atoms with van der Waals surface area (Å²) in [6.07, 6.45) is 0.150. The monoisotopic (exact) mass is 310 g/mol. The molecule has 0 unspecified atom stereocenters. The van der Waals surface area contributed by atoms with Gasteiger partial charge in [-0.25, -0.2) is 0 Å². The van der Waals surface area contributed by atoms with Crippen LogP contribution in [0.1, 0.15) is 18.2 Å². The van der Waals surface area contributed by atoms with Crippen molar-refractivity contribution >= 4 is 45.8 Å². The van der Waals surface area contributed by atoms with Crippen molar-refractivity contribution < 1.29 is 9.59 Å². The molecule has 1 aliphatic rings. The Balaban J connectivity index is 2.11. The van der Waals surface area contributed by atoms with Crippen LogP contribution in [0.15, 0.2) is 27.7 Å². The summed E-state index contributed by atoms with van der Waals surface area (Å²) in [6, 6.07) is 3.88. The molecule has 0 spiro atoms. The third-order valence-corrected chi connectivity index (χ3v) is 4.63. The van der Waals surface area contributed by atoms with E-state index in [2.05, 4.69) is 20.8 Å². The molecule has 1 aromatic heterocycles. The van der Waals surface area contributed by atoms with Gasteiger partial charge in [0.25, 0.3) is 0 Å². The van der Waals surface area contributed by atoms with Gasteiger partial charge in [-0.2, -0.15) is 5.10 Å². The van der Waals surface area contributed by atoms with Gasteiger partial charge in [-0.05, 0) is 18.4 Å². The Morgan fingerprint density at radius 1 is 1.55 bits per heavy atom. The number of amidine groups is 1. The fraction of sp³-hybridized carbons (Fsp3) is 0.333. The van der Waals surface area contributed by atoms with Crippen LogP contribution in [-0.2, 0) is 9.59 Å². The molecular weight excluding hydrogens is 296 g/mol. The van der Waals surface area contributed by atoms with Crippen LogP contribution in [0.2, 0.25) is 0 Å². The predicted octanol–water partition coefficient (Wildman–Crippen LogP) is 1.20. The third kappa shape index (κ3) is 3.67. The van der Waals surface area contributed by atoms with Gasteiger partial charge in [0.1, 0.15) is 0 Å². The molecule has 0 aliphatic carbocycles. The van der Waals surface area contributed by atoms with Crippen molar-refractivity contribution in [2.75, 3.05) is 7.05 Å². The van der Waals surface area contributed by atoms with E-state index in [0.29, 0.717) is 5.17 Å². The summed E-state index contributed by atoms with van der Waals surface area (Å²) in [5.74, 6) is -0.406. The summed E-state index contributed by atoms with van der Waals surface area (Å²) < 4.78 is 0. The van der Waals surface area contributed by atoms with E-state index < -0.39 is 5.25 Å². The SMILES string of the molecule is CNC(=O)[C@H]1CC(=O)NC(=NN=C(C)c2cccs2)S1. The first-order valence-corrected chi connectivity index (χ1v) is 7.70. The molecule has 8 heteroatoms. The number of nitrogens with zero attached hydrogens (tertiary/aromatic N) is 2. The number of hydrogen-bond acceptors (Lipinski definition) is 6. The Bertz CT molecular complexity index is 566. The zero-order valence-corrected chi connectivity index (χ0v) is 12.7. The molecule has 0 saturated carbocycles. The number of nitrogens with one attached hydrogen (secondary N) is 2. The van der Waals surface area contributed by atoms with Crippen molar-refractivity contribution in [1.29, 1.82) is 0 Å². The molecule has 1 aliphatic heterocycles. The summed E-state index contributed by atoms with van der Waals surface area (Å²) in [4.78, 5) is 24.1. The quantitative estimate of drug-likeness (QED) is 0.650. The highest BCUT2D eigenvalue weighted by atomic mass is 32.2. The first kappa shape index (κ1) is 14.7. The summed E-state index contributed by atoms with van der Waals surface area (Å²) in [6.45, 7) is 1.85. The number of thiophene rings is 1. The highest BCUT2D eigenvalue weighted by Gasteiger charge is 2.29. The molecule has 0 radical (unpaired) electrons. The number of rotatable bonds is 3. The van der Waals surface area contributed by atoms with Crippen LogP contribution in [0, 0.1) is 0 Å². The first-order valence-electron chi connectivity index (χ1n) is 5.94. The summed E-state index contributed by atoms with van der Waals surface area (Å²) >= 11 is 2.78. The highest BCUT2D eigenvalue weighted by Crippen LogP contribution is 2.21. The van der Waals surface area contributed by atoms with Gasteiger partial charge < -0.3 is 10.6 Å². The standard InChI is InChI=1S/C12H14N4O2S2/c1-7(8-4-3-5-19-8)15-16-12-14-10(17)6-9(20-12)11(18)13-2/h3-5,9H,6H2,1-2H3,(H,13,18)(H,14,16,17)/t9-/m1/s1. The predicted molar refractivity (Wildman–Crippen MR) is 82.2 cm³/mol. The summed E-state index contributed by atoms with van der Waals surface area (Å²) in [5.41, 5.74) is 0.768. The van der Waals surface area contributed by atoms with E-state index in [1.807, 2.05) is 24.4 Å². The van der Waals surface area contributed by atoms with Crippen LogP contribution >= 0.6 is 23.1 Å². The van der Waals surface area contributed by atoms with E-state index in [1.54, 1.807) is 18.4 Å². The molecule has 1 fully saturated rings. The van der Waals surface area contributed by atoms with Crippen LogP contribution in [0.4, 0.5) is 0 Å². The van der Waals surface area contributed by atoms with Crippen molar-refractivity contribution in [1.82, 2.24) is 10.6 Å². The van der Waals surface area contributed by atoms with Gasteiger partial charge in [0, 0.05) is 13.5 Å². The maximum absolute atomic E-state index is 11.6. The lowest BCUT2D eigenvalue weighted by Crippen LogP contribution is -2.43. The summed E-state index contributed by atoms with van der Waals surface area (Å²) in [7, 11) is 1.55. The largest absolute Gasteiger partial charge is 0.358 e. The third-order valence-electron chi connectivity index (χ3n) is 2.58. The van der Waals surface area contributed by atoms with E-state index in [-0.39, 0.29) is 18.2 Å².